The first-order chi connectivity index (χ1) is 11.8. The lowest BCUT2D eigenvalue weighted by Crippen LogP contribution is -2.46. The molecule has 138 valence electrons. The van der Waals surface area contributed by atoms with Crippen LogP contribution in [0.3, 0.4) is 0 Å². The van der Waals surface area contributed by atoms with Gasteiger partial charge in [-0.05, 0) is 38.8 Å². The summed E-state index contributed by atoms with van der Waals surface area (Å²) >= 11 is 6.31. The molecule has 2 rings (SSSR count). The van der Waals surface area contributed by atoms with Crippen molar-refractivity contribution in [2.24, 2.45) is 0 Å². The summed E-state index contributed by atoms with van der Waals surface area (Å²) in [6.07, 6.45) is 3.56. The van der Waals surface area contributed by atoms with Gasteiger partial charge in [-0.15, -0.1) is 0 Å². The highest BCUT2D eigenvalue weighted by Gasteiger charge is 2.22. The molecule has 25 heavy (non-hydrogen) atoms. The van der Waals surface area contributed by atoms with Gasteiger partial charge in [-0.2, -0.15) is 0 Å². The van der Waals surface area contributed by atoms with Crippen molar-refractivity contribution in [3.8, 4) is 0 Å². The molecule has 0 amide bonds. The summed E-state index contributed by atoms with van der Waals surface area (Å²) in [5.41, 5.74) is 5.20. The Morgan fingerprint density at radius 3 is 2.48 bits per heavy atom. The average molecular weight is 367 g/mol. The molecular formula is C19H27ClN2O3. The third kappa shape index (κ3) is 5.66. The Kier molecular flexibility index (Phi) is 6.76. The van der Waals surface area contributed by atoms with Crippen molar-refractivity contribution < 1.29 is 14.6 Å². The van der Waals surface area contributed by atoms with Gasteiger partial charge in [0, 0.05) is 6.20 Å². The predicted octanol–water partition coefficient (Wildman–Crippen LogP) is 3.81. The number of allylic oxidation sites excluding steroid dienone is 1. The fourth-order valence-corrected chi connectivity index (χ4v) is 2.49. The fourth-order valence-electron chi connectivity index (χ4n) is 2.28. The maximum absolute atomic E-state index is 8.81. The normalized spacial score (nSPS) is 16.0. The van der Waals surface area contributed by atoms with Crippen LogP contribution in [0.1, 0.15) is 44.9 Å². The molecule has 1 aliphatic heterocycles. The molecule has 2 N–H and O–H groups in total. The Morgan fingerprint density at radius 1 is 1.24 bits per heavy atom. The summed E-state index contributed by atoms with van der Waals surface area (Å²) in [6, 6.07) is 8.02. The summed E-state index contributed by atoms with van der Waals surface area (Å²) < 4.78 is 11.3. The molecule has 1 aromatic carbocycles. The van der Waals surface area contributed by atoms with Crippen molar-refractivity contribution in [2.45, 2.75) is 45.9 Å². The van der Waals surface area contributed by atoms with Crippen molar-refractivity contribution in [2.75, 3.05) is 13.2 Å². The first-order valence-electron chi connectivity index (χ1n) is 8.38. The quantitative estimate of drug-likeness (QED) is 0.768. The molecule has 0 fully saturated rings. The van der Waals surface area contributed by atoms with Gasteiger partial charge in [-0.1, -0.05) is 35.9 Å². The summed E-state index contributed by atoms with van der Waals surface area (Å²) in [4.78, 5) is 0. The Bertz CT molecular complexity index is 621. The van der Waals surface area contributed by atoms with Gasteiger partial charge >= 0.3 is 0 Å². The van der Waals surface area contributed by atoms with E-state index in [-0.39, 0.29) is 18.2 Å². The zero-order chi connectivity index (χ0) is 18.4. The van der Waals surface area contributed by atoms with E-state index in [4.69, 9.17) is 26.2 Å². The summed E-state index contributed by atoms with van der Waals surface area (Å²) in [5.74, 6) is 0.617. The second-order valence-electron chi connectivity index (χ2n) is 6.92. The second-order valence-corrected chi connectivity index (χ2v) is 7.33. The molecule has 0 saturated carbocycles. The highest BCUT2D eigenvalue weighted by atomic mass is 35.5. The van der Waals surface area contributed by atoms with Gasteiger partial charge in [0.1, 0.15) is 11.6 Å². The largest absolute Gasteiger partial charge is 0.486 e. The van der Waals surface area contributed by atoms with Gasteiger partial charge < -0.3 is 20.0 Å². The summed E-state index contributed by atoms with van der Waals surface area (Å²) in [7, 11) is 0. The monoisotopic (exact) mass is 366 g/mol. The van der Waals surface area contributed by atoms with Crippen LogP contribution < -0.4 is 5.43 Å². The SMILES string of the molecule is CC(OCCO)c1ccc(COC2=CNN(C(C)(C)C)C=C2Cl)cc1. The summed E-state index contributed by atoms with van der Waals surface area (Å²) in [5, 5.41) is 11.3. The van der Waals surface area contributed by atoms with Gasteiger partial charge in [-0.3, -0.25) is 5.01 Å². The molecule has 0 saturated heterocycles. The second kappa shape index (κ2) is 8.61. The molecular weight excluding hydrogens is 340 g/mol. The van der Waals surface area contributed by atoms with Crippen LogP contribution >= 0.6 is 11.6 Å². The van der Waals surface area contributed by atoms with E-state index in [0.29, 0.717) is 24.0 Å². The van der Waals surface area contributed by atoms with Crippen molar-refractivity contribution in [3.63, 3.8) is 0 Å². The first-order valence-corrected chi connectivity index (χ1v) is 8.76. The maximum atomic E-state index is 8.81. The van der Waals surface area contributed by atoms with Gasteiger partial charge in [0.15, 0.2) is 5.76 Å². The lowest BCUT2D eigenvalue weighted by molar-refractivity contribution is 0.0385. The zero-order valence-corrected chi connectivity index (χ0v) is 16.0. The Balaban J connectivity index is 1.90. The number of aliphatic hydroxyl groups is 1. The van der Waals surface area contributed by atoms with Crippen LogP contribution in [0, 0.1) is 0 Å². The van der Waals surface area contributed by atoms with Gasteiger partial charge in [0.25, 0.3) is 0 Å². The van der Waals surface area contributed by atoms with Crippen molar-refractivity contribution >= 4 is 11.6 Å². The standard InChI is InChI=1S/C19H27ClN2O3/c1-14(24-10-9-23)16-7-5-15(6-8-16)13-25-18-11-21-22(12-17(18)20)19(2,3)4/h5-8,11-12,14,21,23H,9-10,13H2,1-4H3. The third-order valence-electron chi connectivity index (χ3n) is 3.84. The van der Waals surface area contributed by atoms with Gasteiger partial charge in [0.05, 0.1) is 31.1 Å². The van der Waals surface area contributed by atoms with E-state index in [1.54, 1.807) is 6.20 Å². The number of hydrazine groups is 1. The molecule has 0 spiro atoms. The molecule has 1 aromatic rings. The molecule has 1 aliphatic rings. The average Bonchev–Trinajstić information content (AvgIpc) is 2.58. The minimum absolute atomic E-state index is 0.0281. The van der Waals surface area contributed by atoms with E-state index in [1.165, 1.54) is 0 Å². The lowest BCUT2D eigenvalue weighted by atomic mass is 10.1. The molecule has 0 aliphatic carbocycles. The Labute approximate surface area is 154 Å². The van der Waals surface area contributed by atoms with E-state index < -0.39 is 0 Å². The number of benzene rings is 1. The van der Waals surface area contributed by atoms with Crippen LogP contribution in [0.25, 0.3) is 0 Å². The van der Waals surface area contributed by atoms with Crippen LogP contribution in [-0.2, 0) is 16.1 Å². The van der Waals surface area contributed by atoms with Crippen molar-refractivity contribution in [1.29, 1.82) is 0 Å². The smallest absolute Gasteiger partial charge is 0.157 e. The molecule has 6 heteroatoms. The minimum atomic E-state index is -0.0766. The van der Waals surface area contributed by atoms with Crippen molar-refractivity contribution in [3.05, 3.63) is 58.6 Å². The molecule has 0 bridgehead atoms. The number of hydrogen-bond acceptors (Lipinski definition) is 5. The molecule has 0 radical (unpaired) electrons. The van der Waals surface area contributed by atoms with Crippen LogP contribution in [0.2, 0.25) is 0 Å². The zero-order valence-electron chi connectivity index (χ0n) is 15.3. The van der Waals surface area contributed by atoms with Crippen LogP contribution in [0.4, 0.5) is 0 Å². The first kappa shape index (κ1) is 19.6. The predicted molar refractivity (Wildman–Crippen MR) is 99.4 cm³/mol. The maximum Gasteiger partial charge on any atom is 0.157 e. The Morgan fingerprint density at radius 2 is 1.92 bits per heavy atom. The van der Waals surface area contributed by atoms with Crippen molar-refractivity contribution in [1.82, 2.24) is 10.4 Å². The van der Waals surface area contributed by atoms with Gasteiger partial charge in [0.2, 0.25) is 0 Å². The molecule has 5 nitrogen and oxygen atoms in total. The van der Waals surface area contributed by atoms with E-state index in [2.05, 4.69) is 26.2 Å². The van der Waals surface area contributed by atoms with E-state index in [0.717, 1.165) is 11.1 Å². The fraction of sp³-hybridized carbons (Fsp3) is 0.474. The molecule has 1 unspecified atom stereocenters. The minimum Gasteiger partial charge on any atom is -0.486 e. The summed E-state index contributed by atoms with van der Waals surface area (Å²) in [6.45, 7) is 9.03. The van der Waals surface area contributed by atoms with E-state index in [1.807, 2.05) is 42.4 Å². The number of nitrogens with one attached hydrogen (secondary N) is 1. The molecule has 0 aromatic heterocycles. The number of ether oxygens (including phenoxy) is 2. The van der Waals surface area contributed by atoms with Crippen LogP contribution in [0.5, 0.6) is 0 Å². The lowest BCUT2D eigenvalue weighted by Gasteiger charge is -2.36. The van der Waals surface area contributed by atoms with E-state index in [9.17, 15) is 0 Å². The third-order valence-corrected chi connectivity index (χ3v) is 4.12. The number of rotatable bonds is 7. The Hall–Kier alpha value is -1.69. The number of hydrogen-bond donors (Lipinski definition) is 2. The number of halogens is 1. The van der Waals surface area contributed by atoms with Gasteiger partial charge in [-0.25, -0.2) is 0 Å². The highest BCUT2D eigenvalue weighted by Crippen LogP contribution is 2.25. The topological polar surface area (TPSA) is 54.0 Å². The van der Waals surface area contributed by atoms with E-state index >= 15 is 0 Å². The van der Waals surface area contributed by atoms with Crippen LogP contribution in [0.15, 0.2) is 47.5 Å². The highest BCUT2D eigenvalue weighted by molar-refractivity contribution is 6.31. The number of nitrogens with zero attached hydrogens (tertiary/aromatic N) is 1. The molecule has 1 heterocycles. The van der Waals surface area contributed by atoms with Crippen LogP contribution in [-0.4, -0.2) is 28.9 Å². The molecule has 1 atom stereocenters. The number of aliphatic hydroxyl groups excluding tert-OH is 1.